The van der Waals surface area contributed by atoms with E-state index in [-0.39, 0.29) is 36.3 Å². The zero-order chi connectivity index (χ0) is 30.3. The number of ether oxygens (including phenoxy) is 4. The van der Waals surface area contributed by atoms with E-state index in [0.29, 0.717) is 6.61 Å². The Labute approximate surface area is 263 Å². The number of nitrogens with zero attached hydrogens (tertiary/aromatic N) is 3. The van der Waals surface area contributed by atoms with Gasteiger partial charge in [0.05, 0.1) is 31.0 Å². The van der Waals surface area contributed by atoms with E-state index >= 15 is 0 Å². The van der Waals surface area contributed by atoms with Crippen molar-refractivity contribution < 1.29 is 23.7 Å². The normalized spacial score (nSPS) is 23.2. The quantitative estimate of drug-likeness (QED) is 0.446. The van der Waals surface area contributed by atoms with E-state index in [2.05, 4.69) is 59.8 Å². The number of nitrogens with one attached hydrogen (secondary N) is 1. The van der Waals surface area contributed by atoms with Gasteiger partial charge in [0.25, 0.3) is 0 Å². The highest BCUT2D eigenvalue weighted by molar-refractivity contribution is 8.04. The van der Waals surface area contributed by atoms with Crippen molar-refractivity contribution in [1.82, 2.24) is 15.1 Å². The summed E-state index contributed by atoms with van der Waals surface area (Å²) in [5.74, 6) is 3.30. The number of methoxy groups -OCH3 is 1. The van der Waals surface area contributed by atoms with Gasteiger partial charge in [-0.05, 0) is 77.1 Å². The summed E-state index contributed by atoms with van der Waals surface area (Å²) in [4.78, 5) is 21.5. The van der Waals surface area contributed by atoms with Crippen LogP contribution in [0.1, 0.15) is 69.2 Å². The van der Waals surface area contributed by atoms with Gasteiger partial charge in [0.15, 0.2) is 17.0 Å². The van der Waals surface area contributed by atoms with Crippen molar-refractivity contribution in [2.24, 2.45) is 0 Å². The van der Waals surface area contributed by atoms with E-state index in [1.165, 1.54) is 28.8 Å². The maximum Gasteiger partial charge on any atom is 0.307 e. The Kier molecular flexibility index (Phi) is 6.45. The lowest BCUT2D eigenvalue weighted by molar-refractivity contribution is -0.142. The fraction of sp³-hybridized carbons (Fsp3) is 0.500. The second-order valence-electron chi connectivity index (χ2n) is 13.4. The van der Waals surface area contributed by atoms with E-state index in [1.807, 2.05) is 23.9 Å². The number of carbonyl (C=O) groups is 1. The molecule has 44 heavy (non-hydrogen) atoms. The highest BCUT2D eigenvalue weighted by Gasteiger charge is 2.52. The summed E-state index contributed by atoms with van der Waals surface area (Å²) in [5, 5.41) is 3.94. The van der Waals surface area contributed by atoms with Crippen molar-refractivity contribution in [2.75, 3.05) is 38.5 Å². The van der Waals surface area contributed by atoms with Gasteiger partial charge in [0.2, 0.25) is 6.79 Å². The lowest BCUT2D eigenvalue weighted by Gasteiger charge is -2.38. The fourth-order valence-electron chi connectivity index (χ4n) is 7.70. The lowest BCUT2D eigenvalue weighted by atomic mass is 9.88. The van der Waals surface area contributed by atoms with Crippen LogP contribution in [0.5, 0.6) is 17.2 Å². The van der Waals surface area contributed by atoms with Gasteiger partial charge in [0, 0.05) is 45.9 Å². The van der Waals surface area contributed by atoms with Crippen molar-refractivity contribution >= 4 is 34.8 Å². The average Bonchev–Trinajstić information content (AvgIpc) is 3.65. The zero-order valence-electron chi connectivity index (χ0n) is 26.1. The molecular formula is C34H40N4O5S. The number of benzene rings is 2. The SMILES string of the molecule is COC(=O)CC1COc2c(cc3c4c2CCCN4CCC3)C2=C(NC(C)(C)C)N3C(c4cccc5c4OCO5)=C(C)SC3N21. The molecule has 2 aromatic carbocycles. The fourth-order valence-corrected chi connectivity index (χ4v) is 9.05. The van der Waals surface area contributed by atoms with E-state index in [0.717, 1.165) is 84.4 Å². The molecule has 2 atom stereocenters. The van der Waals surface area contributed by atoms with Crippen LogP contribution in [-0.2, 0) is 22.4 Å². The summed E-state index contributed by atoms with van der Waals surface area (Å²) >= 11 is 1.81. The number of para-hydroxylation sites is 1. The van der Waals surface area contributed by atoms with E-state index in [4.69, 9.17) is 18.9 Å². The van der Waals surface area contributed by atoms with Crippen LogP contribution in [0.4, 0.5) is 5.69 Å². The number of hydrogen-bond acceptors (Lipinski definition) is 10. The van der Waals surface area contributed by atoms with Crippen molar-refractivity contribution in [1.29, 1.82) is 0 Å². The molecule has 0 saturated heterocycles. The van der Waals surface area contributed by atoms with Crippen LogP contribution >= 0.6 is 11.8 Å². The molecule has 0 amide bonds. The predicted molar refractivity (Wildman–Crippen MR) is 171 cm³/mol. The molecule has 9 nitrogen and oxygen atoms in total. The molecule has 0 aromatic heterocycles. The third-order valence-corrected chi connectivity index (χ3v) is 10.6. The minimum atomic E-state index is -0.238. The zero-order valence-corrected chi connectivity index (χ0v) is 26.9. The number of rotatable bonds is 4. The molecule has 2 aromatic rings. The Morgan fingerprint density at radius 1 is 1.07 bits per heavy atom. The first-order valence-corrected chi connectivity index (χ1v) is 16.6. The molecule has 0 saturated carbocycles. The number of hydrogen-bond donors (Lipinski definition) is 1. The Hall–Kier alpha value is -3.66. The van der Waals surface area contributed by atoms with Crippen molar-refractivity contribution in [3.63, 3.8) is 0 Å². The van der Waals surface area contributed by atoms with Crippen molar-refractivity contribution in [3.05, 3.63) is 57.2 Å². The van der Waals surface area contributed by atoms with Crippen LogP contribution in [0.15, 0.2) is 35.0 Å². The van der Waals surface area contributed by atoms with Gasteiger partial charge < -0.3 is 34.1 Å². The molecule has 232 valence electrons. The molecular weight excluding hydrogens is 576 g/mol. The average molecular weight is 617 g/mol. The summed E-state index contributed by atoms with van der Waals surface area (Å²) in [7, 11) is 1.47. The minimum Gasteiger partial charge on any atom is -0.490 e. The molecule has 1 N–H and O–H groups in total. The first-order chi connectivity index (χ1) is 21.2. The maximum absolute atomic E-state index is 12.9. The first kappa shape index (κ1) is 27.9. The largest absolute Gasteiger partial charge is 0.490 e. The third kappa shape index (κ3) is 4.24. The van der Waals surface area contributed by atoms with E-state index < -0.39 is 0 Å². The molecule has 0 radical (unpaired) electrons. The molecule has 6 heterocycles. The van der Waals surface area contributed by atoms with Crippen LogP contribution in [-0.4, -0.2) is 66.4 Å². The highest BCUT2D eigenvalue weighted by atomic mass is 32.2. The van der Waals surface area contributed by atoms with E-state index in [9.17, 15) is 4.79 Å². The van der Waals surface area contributed by atoms with Gasteiger partial charge >= 0.3 is 5.97 Å². The van der Waals surface area contributed by atoms with Crippen LogP contribution in [0.25, 0.3) is 11.4 Å². The summed E-state index contributed by atoms with van der Waals surface area (Å²) in [6, 6.07) is 8.28. The second kappa shape index (κ2) is 10.2. The van der Waals surface area contributed by atoms with Crippen molar-refractivity contribution in [3.8, 4) is 17.2 Å². The number of fused-ring (bicyclic) bond motifs is 7. The first-order valence-electron chi connectivity index (χ1n) is 15.7. The van der Waals surface area contributed by atoms with Gasteiger partial charge in [0.1, 0.15) is 18.2 Å². The Bertz CT molecular complexity index is 1630. The van der Waals surface area contributed by atoms with Gasteiger partial charge in [-0.25, -0.2) is 0 Å². The van der Waals surface area contributed by atoms with Gasteiger partial charge in [-0.15, -0.1) is 0 Å². The number of thioether (sulfide) groups is 1. The van der Waals surface area contributed by atoms with Gasteiger partial charge in [-0.1, -0.05) is 17.8 Å². The Balaban J connectivity index is 1.38. The predicted octanol–water partition coefficient (Wildman–Crippen LogP) is 5.49. The maximum atomic E-state index is 12.9. The van der Waals surface area contributed by atoms with Gasteiger partial charge in [-0.2, -0.15) is 0 Å². The third-order valence-electron chi connectivity index (χ3n) is 9.35. The molecule has 0 bridgehead atoms. The number of anilines is 1. The summed E-state index contributed by atoms with van der Waals surface area (Å²) in [6.07, 6.45) is 4.57. The number of carbonyl (C=O) groups excluding carboxylic acids is 1. The standard InChI is InChI=1S/C34H40N4O5S/c1-19-27(22-10-6-12-25-31(22)43-18-42-25)38-32(35-34(2,3)4)29-24-15-20-9-7-13-36-14-8-11-23(28(20)36)30(24)41-17-21(16-26(39)40-5)37(29)33(38)44-19/h6,10,12,15,21,33,35H,7-9,11,13-14,16-18H2,1-5H3. The van der Waals surface area contributed by atoms with Crippen LogP contribution in [0, 0.1) is 0 Å². The lowest BCUT2D eigenvalue weighted by Crippen LogP contribution is -2.45. The van der Waals surface area contributed by atoms with E-state index in [1.54, 1.807) is 0 Å². The summed E-state index contributed by atoms with van der Waals surface area (Å²) in [6.45, 7) is 11.6. The molecule has 0 spiro atoms. The van der Waals surface area contributed by atoms with Gasteiger partial charge in [-0.3, -0.25) is 9.69 Å². The summed E-state index contributed by atoms with van der Waals surface area (Å²) < 4.78 is 23.9. The van der Waals surface area contributed by atoms with Crippen LogP contribution < -0.4 is 24.4 Å². The number of aryl methyl sites for hydroxylation is 1. The Morgan fingerprint density at radius 3 is 2.68 bits per heavy atom. The molecule has 2 unspecified atom stereocenters. The number of esters is 1. The second-order valence-corrected chi connectivity index (χ2v) is 14.7. The Morgan fingerprint density at radius 2 is 1.89 bits per heavy atom. The molecule has 6 aliphatic rings. The van der Waals surface area contributed by atoms with Crippen LogP contribution in [0.2, 0.25) is 0 Å². The smallest absolute Gasteiger partial charge is 0.307 e. The monoisotopic (exact) mass is 616 g/mol. The van der Waals surface area contributed by atoms with Crippen molar-refractivity contribution in [2.45, 2.75) is 76.9 Å². The topological polar surface area (TPSA) is 75.7 Å². The summed E-state index contributed by atoms with van der Waals surface area (Å²) in [5.41, 5.74) is 8.07. The molecule has 10 heteroatoms. The molecule has 0 fully saturated rings. The molecule has 8 rings (SSSR count). The number of allylic oxidation sites excluding steroid dienone is 1. The molecule has 0 aliphatic carbocycles. The highest BCUT2D eigenvalue weighted by Crippen LogP contribution is 2.58. The minimum absolute atomic E-state index is 0.115. The molecule has 6 aliphatic heterocycles. The van der Waals surface area contributed by atoms with Crippen LogP contribution in [0.3, 0.4) is 0 Å².